The van der Waals surface area contributed by atoms with Gasteiger partial charge in [0.15, 0.2) is 5.82 Å². The lowest BCUT2D eigenvalue weighted by Gasteiger charge is -2.24. The van der Waals surface area contributed by atoms with Gasteiger partial charge in [0.2, 0.25) is 0 Å². The number of anilines is 1. The van der Waals surface area contributed by atoms with Crippen LogP contribution in [-0.2, 0) is 0 Å². The molecule has 2 N–H and O–H groups in total. The van der Waals surface area contributed by atoms with Crippen LogP contribution in [0.3, 0.4) is 0 Å². The van der Waals surface area contributed by atoms with Crippen molar-refractivity contribution in [3.8, 4) is 0 Å². The first-order chi connectivity index (χ1) is 7.13. The zero-order chi connectivity index (χ0) is 11.0. The lowest BCUT2D eigenvalue weighted by molar-refractivity contribution is 0.0934. The van der Waals surface area contributed by atoms with Crippen molar-refractivity contribution in [2.45, 2.75) is 39.3 Å². The molecule has 1 aliphatic heterocycles. The summed E-state index contributed by atoms with van der Waals surface area (Å²) >= 11 is 1.42. The Morgan fingerprint density at radius 3 is 2.80 bits per heavy atom. The first kappa shape index (κ1) is 10.4. The highest BCUT2D eigenvalue weighted by molar-refractivity contribution is 7.06. The molecule has 1 unspecified atom stereocenters. The van der Waals surface area contributed by atoms with Gasteiger partial charge in [-0.25, -0.2) is 0 Å². The number of rotatable bonds is 2. The number of amides is 1. The number of nitrogens with one attached hydrogen (secondary N) is 2. The van der Waals surface area contributed by atoms with Crippen LogP contribution in [0, 0.1) is 0 Å². The van der Waals surface area contributed by atoms with E-state index in [1.54, 1.807) is 0 Å². The van der Waals surface area contributed by atoms with Crippen molar-refractivity contribution >= 4 is 23.3 Å². The van der Waals surface area contributed by atoms with Crippen LogP contribution in [-0.4, -0.2) is 16.4 Å². The number of hydrogen-bond acceptors (Lipinski definition) is 4. The van der Waals surface area contributed by atoms with Gasteiger partial charge in [-0.1, -0.05) is 20.8 Å². The van der Waals surface area contributed by atoms with Gasteiger partial charge in [0.1, 0.15) is 6.17 Å². The van der Waals surface area contributed by atoms with Crippen LogP contribution in [0.4, 0.5) is 5.82 Å². The molecule has 5 heteroatoms. The zero-order valence-electron chi connectivity index (χ0n) is 9.13. The number of fused-ring (bicyclic) bond motifs is 1. The molecule has 0 aliphatic carbocycles. The van der Waals surface area contributed by atoms with Crippen molar-refractivity contribution in [1.82, 2.24) is 9.69 Å². The van der Waals surface area contributed by atoms with Crippen LogP contribution in [0.5, 0.6) is 0 Å². The molecule has 0 radical (unpaired) electrons. The summed E-state index contributed by atoms with van der Waals surface area (Å²) in [6, 6.07) is 0. The minimum absolute atomic E-state index is 0.00745. The summed E-state index contributed by atoms with van der Waals surface area (Å²) in [5.74, 6) is 1.10. The van der Waals surface area contributed by atoms with E-state index in [-0.39, 0.29) is 12.1 Å². The van der Waals surface area contributed by atoms with Gasteiger partial charge in [-0.3, -0.25) is 4.79 Å². The van der Waals surface area contributed by atoms with E-state index in [0.717, 1.165) is 22.7 Å². The highest BCUT2D eigenvalue weighted by Crippen LogP contribution is 2.32. The quantitative estimate of drug-likeness (QED) is 0.811. The molecule has 15 heavy (non-hydrogen) atoms. The van der Waals surface area contributed by atoms with Crippen molar-refractivity contribution < 1.29 is 4.79 Å². The summed E-state index contributed by atoms with van der Waals surface area (Å²) in [4.78, 5) is 12.9. The van der Waals surface area contributed by atoms with E-state index in [2.05, 4.69) is 28.9 Å². The number of nitrogens with zero attached hydrogens (tertiary/aromatic N) is 1. The normalized spacial score (nSPS) is 19.7. The second-order valence-corrected chi connectivity index (χ2v) is 4.81. The fraction of sp³-hybridized carbons (Fsp3) is 0.600. The Balaban J connectivity index is 2.39. The van der Waals surface area contributed by atoms with E-state index >= 15 is 0 Å². The van der Waals surface area contributed by atoms with Crippen LogP contribution in [0.2, 0.25) is 0 Å². The first-order valence-electron chi connectivity index (χ1n) is 5.20. The molecule has 1 amide bonds. The number of aromatic nitrogens is 1. The molecule has 82 valence electrons. The molecule has 1 aromatic rings. The largest absolute Gasteiger partial charge is 0.349 e. The summed E-state index contributed by atoms with van der Waals surface area (Å²) in [5, 5.41) is 6.14. The third-order valence-corrected chi connectivity index (χ3v) is 3.64. The molecular formula is C10H15N3OS. The van der Waals surface area contributed by atoms with Crippen LogP contribution in [0.25, 0.3) is 0 Å². The van der Waals surface area contributed by atoms with E-state index in [9.17, 15) is 4.79 Å². The summed E-state index contributed by atoms with van der Waals surface area (Å²) < 4.78 is 4.30. The van der Waals surface area contributed by atoms with Gasteiger partial charge >= 0.3 is 0 Å². The Labute approximate surface area is 93.2 Å². The summed E-state index contributed by atoms with van der Waals surface area (Å²) in [6.45, 7) is 6.18. The molecule has 2 heterocycles. The number of carbonyl (C=O) groups is 1. The van der Waals surface area contributed by atoms with Crippen LogP contribution in [0.1, 0.15) is 48.3 Å². The smallest absolute Gasteiger partial charge is 0.257 e. The van der Waals surface area contributed by atoms with E-state index in [1.165, 1.54) is 11.5 Å². The van der Waals surface area contributed by atoms with Gasteiger partial charge in [-0.15, -0.1) is 0 Å². The van der Waals surface area contributed by atoms with Gasteiger partial charge < -0.3 is 10.6 Å². The monoisotopic (exact) mass is 225 g/mol. The second-order valence-electron chi connectivity index (χ2n) is 4.00. The van der Waals surface area contributed by atoms with Crippen molar-refractivity contribution in [1.29, 1.82) is 0 Å². The third-order valence-electron chi connectivity index (χ3n) is 2.49. The van der Waals surface area contributed by atoms with Crippen molar-refractivity contribution in [3.05, 3.63) is 10.4 Å². The van der Waals surface area contributed by atoms with Crippen LogP contribution < -0.4 is 10.6 Å². The van der Waals surface area contributed by atoms with Gasteiger partial charge in [0.05, 0.1) is 5.56 Å². The van der Waals surface area contributed by atoms with Gasteiger partial charge in [-0.05, 0) is 23.9 Å². The molecule has 0 aromatic carbocycles. The van der Waals surface area contributed by atoms with Crippen molar-refractivity contribution in [2.75, 3.05) is 5.32 Å². The Hall–Kier alpha value is -1.10. The van der Waals surface area contributed by atoms with Gasteiger partial charge in [0.25, 0.3) is 5.91 Å². The second kappa shape index (κ2) is 3.81. The van der Waals surface area contributed by atoms with Crippen LogP contribution >= 0.6 is 11.5 Å². The molecular weight excluding hydrogens is 210 g/mol. The number of carbonyl (C=O) groups excluding carboxylic acids is 1. The van der Waals surface area contributed by atoms with E-state index in [4.69, 9.17) is 0 Å². The average Bonchev–Trinajstić information content (AvgIpc) is 2.61. The zero-order valence-corrected chi connectivity index (χ0v) is 9.94. The Bertz CT molecular complexity index is 386. The average molecular weight is 225 g/mol. The minimum atomic E-state index is 0.00745. The fourth-order valence-corrected chi connectivity index (χ4v) is 2.48. The maximum Gasteiger partial charge on any atom is 0.257 e. The molecule has 0 spiro atoms. The summed E-state index contributed by atoms with van der Waals surface area (Å²) in [6.07, 6.45) is 0.881. The van der Waals surface area contributed by atoms with E-state index in [1.807, 2.05) is 6.92 Å². The molecule has 2 rings (SSSR count). The summed E-state index contributed by atoms with van der Waals surface area (Å²) in [5.41, 5.74) is 0.736. The highest BCUT2D eigenvalue weighted by atomic mass is 32.1. The first-order valence-corrected chi connectivity index (χ1v) is 5.97. The topological polar surface area (TPSA) is 54.0 Å². The van der Waals surface area contributed by atoms with E-state index < -0.39 is 0 Å². The highest BCUT2D eigenvalue weighted by Gasteiger charge is 2.29. The molecule has 0 saturated carbocycles. The molecule has 1 atom stereocenters. The molecule has 1 aromatic heterocycles. The predicted octanol–water partition coefficient (Wildman–Crippen LogP) is 2.16. The number of hydrogen-bond donors (Lipinski definition) is 2. The Morgan fingerprint density at radius 2 is 2.20 bits per heavy atom. The lowest BCUT2D eigenvalue weighted by atomic mass is 10.1. The lowest BCUT2D eigenvalue weighted by Crippen LogP contribution is -2.44. The Kier molecular flexibility index (Phi) is 2.65. The van der Waals surface area contributed by atoms with Gasteiger partial charge in [-0.2, -0.15) is 4.37 Å². The SMILES string of the molecule is CCC1NC(=O)c2c(nsc2C(C)C)N1. The van der Waals surface area contributed by atoms with E-state index in [0.29, 0.717) is 5.92 Å². The predicted molar refractivity (Wildman–Crippen MR) is 61.4 cm³/mol. The molecule has 1 aliphatic rings. The molecule has 0 fully saturated rings. The Morgan fingerprint density at radius 1 is 1.47 bits per heavy atom. The molecule has 0 bridgehead atoms. The minimum Gasteiger partial charge on any atom is -0.349 e. The van der Waals surface area contributed by atoms with Crippen LogP contribution in [0.15, 0.2) is 0 Å². The third kappa shape index (κ3) is 1.71. The summed E-state index contributed by atoms with van der Waals surface area (Å²) in [7, 11) is 0. The molecule has 4 nitrogen and oxygen atoms in total. The molecule has 0 saturated heterocycles. The van der Waals surface area contributed by atoms with Crippen molar-refractivity contribution in [2.24, 2.45) is 0 Å². The van der Waals surface area contributed by atoms with Gasteiger partial charge in [0, 0.05) is 4.88 Å². The maximum atomic E-state index is 11.9. The van der Waals surface area contributed by atoms with Crippen molar-refractivity contribution in [3.63, 3.8) is 0 Å². The standard InChI is InChI=1S/C10H15N3OS/c1-4-6-11-9-7(10(14)12-6)8(5(2)3)15-13-9/h5-6H,4H2,1-3H3,(H,11,13)(H,12,14). The fourth-order valence-electron chi connectivity index (χ4n) is 1.65. The maximum absolute atomic E-state index is 11.9.